The van der Waals surface area contributed by atoms with E-state index in [1.165, 1.54) is 64.2 Å². The molecule has 3 atom stereocenters. The van der Waals surface area contributed by atoms with Crippen LogP contribution in [0.15, 0.2) is 72.9 Å². The molecule has 3 unspecified atom stereocenters. The summed E-state index contributed by atoms with van der Waals surface area (Å²) in [5.74, 6) is -0.537. The quantitative estimate of drug-likeness (QED) is 0.0252. The lowest BCUT2D eigenvalue weighted by atomic mass is 10.0. The van der Waals surface area contributed by atoms with Gasteiger partial charge in [0, 0.05) is 6.42 Å². The third-order valence-electron chi connectivity index (χ3n) is 9.60. The van der Waals surface area contributed by atoms with E-state index in [0.29, 0.717) is 19.3 Å². The second kappa shape index (κ2) is 41.5. The molecule has 0 saturated carbocycles. The SMILES string of the molecule is CCC/C=C\CCCCCCCC(=O)OC(CCCCC/C=C/C=C/C=C/C=C/C=C/CCC)CC(=O)NC(CO)C(O)CCCCCCCCCCC. The number of unbranched alkanes of at least 4 members (excludes halogenated alkanes) is 18. The normalized spacial score (nSPS) is 14.1. The van der Waals surface area contributed by atoms with Crippen LogP contribution in [0.3, 0.4) is 0 Å². The van der Waals surface area contributed by atoms with Crippen LogP contribution < -0.4 is 5.32 Å². The van der Waals surface area contributed by atoms with Gasteiger partial charge in [0.2, 0.25) is 5.91 Å². The Balaban J connectivity index is 4.75. The predicted molar refractivity (Wildman–Crippen MR) is 231 cm³/mol. The average molecular weight is 754 g/mol. The summed E-state index contributed by atoms with van der Waals surface area (Å²) < 4.78 is 5.87. The molecular formula is C48H83NO5. The molecule has 0 aliphatic heterocycles. The van der Waals surface area contributed by atoms with Crippen molar-refractivity contribution in [2.75, 3.05) is 6.61 Å². The lowest BCUT2D eigenvalue weighted by Crippen LogP contribution is -2.46. The van der Waals surface area contributed by atoms with E-state index < -0.39 is 18.2 Å². The number of allylic oxidation sites excluding steroid dienone is 12. The zero-order chi connectivity index (χ0) is 39.6. The van der Waals surface area contributed by atoms with Crippen molar-refractivity contribution in [2.45, 2.75) is 212 Å². The van der Waals surface area contributed by atoms with Gasteiger partial charge in [-0.05, 0) is 64.2 Å². The topological polar surface area (TPSA) is 95.9 Å². The highest BCUT2D eigenvalue weighted by molar-refractivity contribution is 5.77. The van der Waals surface area contributed by atoms with Gasteiger partial charge in [0.1, 0.15) is 6.10 Å². The summed E-state index contributed by atoms with van der Waals surface area (Å²) in [7, 11) is 0. The van der Waals surface area contributed by atoms with Gasteiger partial charge in [-0.3, -0.25) is 9.59 Å². The number of hydrogen-bond donors (Lipinski definition) is 3. The first-order chi connectivity index (χ1) is 26.5. The molecule has 0 aromatic rings. The van der Waals surface area contributed by atoms with Crippen molar-refractivity contribution in [3.05, 3.63) is 72.9 Å². The van der Waals surface area contributed by atoms with Crippen LogP contribution in [0.2, 0.25) is 0 Å². The smallest absolute Gasteiger partial charge is 0.306 e. The van der Waals surface area contributed by atoms with Gasteiger partial charge in [-0.2, -0.15) is 0 Å². The van der Waals surface area contributed by atoms with Crippen molar-refractivity contribution >= 4 is 11.9 Å². The molecule has 1 amide bonds. The number of carbonyl (C=O) groups excluding carboxylic acids is 2. The van der Waals surface area contributed by atoms with Gasteiger partial charge < -0.3 is 20.3 Å². The number of aliphatic hydroxyl groups is 2. The van der Waals surface area contributed by atoms with Crippen LogP contribution in [0.1, 0.15) is 194 Å². The molecule has 0 fully saturated rings. The van der Waals surface area contributed by atoms with Crippen LogP contribution in [-0.4, -0.2) is 46.9 Å². The summed E-state index contributed by atoms with van der Waals surface area (Å²) in [6.45, 7) is 6.27. The standard InChI is InChI=1S/C48H83NO5/c1-4-7-10-13-16-19-21-22-23-24-25-26-28-30-33-36-39-44(54-48(53)41-38-35-32-29-20-17-14-11-8-5-2)42-47(52)49-45(43-50)46(51)40-37-34-31-27-18-15-12-9-6-3/h10-11,13-14,16,19,21-26,44-46,50-51H,4-9,12,15,17-18,20,27-43H2,1-3H3,(H,49,52)/b13-10+,14-11-,19-16+,22-21+,24-23+,26-25+. The second-order valence-corrected chi connectivity index (χ2v) is 14.9. The number of esters is 1. The minimum Gasteiger partial charge on any atom is -0.462 e. The first-order valence-corrected chi connectivity index (χ1v) is 22.2. The zero-order valence-electron chi connectivity index (χ0n) is 35.1. The molecule has 0 bridgehead atoms. The molecule has 0 aromatic carbocycles. The molecule has 310 valence electrons. The molecule has 0 aliphatic rings. The molecule has 0 heterocycles. The van der Waals surface area contributed by atoms with E-state index in [9.17, 15) is 19.8 Å². The van der Waals surface area contributed by atoms with Crippen LogP contribution in [0, 0.1) is 0 Å². The van der Waals surface area contributed by atoms with Crippen molar-refractivity contribution in [3.8, 4) is 0 Å². The summed E-state index contributed by atoms with van der Waals surface area (Å²) in [5.41, 5.74) is 0. The van der Waals surface area contributed by atoms with E-state index in [4.69, 9.17) is 4.74 Å². The number of carbonyl (C=O) groups is 2. The first-order valence-electron chi connectivity index (χ1n) is 22.2. The predicted octanol–water partition coefficient (Wildman–Crippen LogP) is 12.7. The number of ether oxygens (including phenoxy) is 1. The van der Waals surface area contributed by atoms with E-state index in [2.05, 4.69) is 62.5 Å². The zero-order valence-corrected chi connectivity index (χ0v) is 35.1. The average Bonchev–Trinajstić information content (AvgIpc) is 3.16. The summed E-state index contributed by atoms with van der Waals surface area (Å²) in [4.78, 5) is 25.9. The monoisotopic (exact) mass is 754 g/mol. The van der Waals surface area contributed by atoms with Crippen molar-refractivity contribution < 1.29 is 24.5 Å². The minimum absolute atomic E-state index is 0.0426. The van der Waals surface area contributed by atoms with Crippen LogP contribution in [0.5, 0.6) is 0 Å². The maximum atomic E-state index is 13.1. The molecule has 0 aromatic heterocycles. The third-order valence-corrected chi connectivity index (χ3v) is 9.60. The minimum atomic E-state index is -0.801. The molecule has 0 radical (unpaired) electrons. The van der Waals surface area contributed by atoms with Gasteiger partial charge in [-0.1, -0.05) is 190 Å². The Morgan fingerprint density at radius 3 is 1.61 bits per heavy atom. The molecule has 0 saturated heterocycles. The fourth-order valence-electron chi connectivity index (χ4n) is 6.23. The van der Waals surface area contributed by atoms with Gasteiger partial charge in [0.05, 0.1) is 25.2 Å². The third kappa shape index (κ3) is 36.3. The lowest BCUT2D eigenvalue weighted by Gasteiger charge is -2.24. The number of rotatable bonds is 38. The van der Waals surface area contributed by atoms with Gasteiger partial charge in [-0.15, -0.1) is 0 Å². The van der Waals surface area contributed by atoms with Crippen LogP contribution >= 0.6 is 0 Å². The highest BCUT2D eigenvalue weighted by Gasteiger charge is 2.24. The molecular weight excluding hydrogens is 671 g/mol. The Morgan fingerprint density at radius 1 is 0.537 bits per heavy atom. The molecule has 0 rings (SSSR count). The Bertz CT molecular complexity index is 1030. The van der Waals surface area contributed by atoms with Gasteiger partial charge in [0.15, 0.2) is 0 Å². The lowest BCUT2D eigenvalue weighted by molar-refractivity contribution is -0.151. The Morgan fingerprint density at radius 2 is 1.00 bits per heavy atom. The van der Waals surface area contributed by atoms with Crippen molar-refractivity contribution in [3.63, 3.8) is 0 Å². The highest BCUT2D eigenvalue weighted by atomic mass is 16.5. The molecule has 3 N–H and O–H groups in total. The fraction of sp³-hybridized carbons (Fsp3) is 0.708. The number of nitrogens with one attached hydrogen (secondary N) is 1. The van der Waals surface area contributed by atoms with Crippen molar-refractivity contribution in [1.29, 1.82) is 0 Å². The summed E-state index contributed by atoms with van der Waals surface area (Å²) in [6.07, 6.45) is 51.0. The van der Waals surface area contributed by atoms with Crippen LogP contribution in [0.4, 0.5) is 0 Å². The van der Waals surface area contributed by atoms with Gasteiger partial charge in [-0.25, -0.2) is 0 Å². The molecule has 0 aliphatic carbocycles. The summed E-state index contributed by atoms with van der Waals surface area (Å²) in [5, 5.41) is 23.5. The fourth-order valence-corrected chi connectivity index (χ4v) is 6.23. The molecule has 6 heteroatoms. The van der Waals surface area contributed by atoms with Crippen LogP contribution in [-0.2, 0) is 14.3 Å². The Labute approximate surface area is 332 Å². The van der Waals surface area contributed by atoms with Crippen LogP contribution in [0.25, 0.3) is 0 Å². The highest BCUT2D eigenvalue weighted by Crippen LogP contribution is 2.16. The van der Waals surface area contributed by atoms with E-state index in [1.807, 2.05) is 36.5 Å². The van der Waals surface area contributed by atoms with Gasteiger partial charge in [0.25, 0.3) is 0 Å². The molecule has 6 nitrogen and oxygen atoms in total. The van der Waals surface area contributed by atoms with E-state index in [-0.39, 0.29) is 24.9 Å². The van der Waals surface area contributed by atoms with E-state index in [1.54, 1.807) is 0 Å². The Kier molecular flexibility index (Phi) is 39.4. The maximum absolute atomic E-state index is 13.1. The molecule has 54 heavy (non-hydrogen) atoms. The number of hydrogen-bond acceptors (Lipinski definition) is 5. The van der Waals surface area contributed by atoms with E-state index >= 15 is 0 Å². The second-order valence-electron chi connectivity index (χ2n) is 14.9. The first kappa shape index (κ1) is 51.3. The largest absolute Gasteiger partial charge is 0.462 e. The maximum Gasteiger partial charge on any atom is 0.306 e. The number of amides is 1. The van der Waals surface area contributed by atoms with Gasteiger partial charge >= 0.3 is 5.97 Å². The summed E-state index contributed by atoms with van der Waals surface area (Å²) >= 11 is 0. The van der Waals surface area contributed by atoms with E-state index in [0.717, 1.165) is 83.5 Å². The number of aliphatic hydroxyl groups excluding tert-OH is 2. The molecule has 0 spiro atoms. The Hall–Kier alpha value is -2.70. The van der Waals surface area contributed by atoms with Crippen molar-refractivity contribution in [1.82, 2.24) is 5.32 Å². The summed E-state index contributed by atoms with van der Waals surface area (Å²) in [6, 6.07) is -0.717. The van der Waals surface area contributed by atoms with Crippen molar-refractivity contribution in [2.24, 2.45) is 0 Å².